The molecule has 2 atom stereocenters. The molecule has 0 heterocycles. The summed E-state index contributed by atoms with van der Waals surface area (Å²) in [4.78, 5) is 12.7. The minimum absolute atomic E-state index is 0.129. The highest BCUT2D eigenvalue weighted by molar-refractivity contribution is 5.83. The van der Waals surface area contributed by atoms with Crippen LogP contribution in [0.15, 0.2) is 0 Å². The van der Waals surface area contributed by atoms with E-state index in [0.29, 0.717) is 17.6 Å². The maximum atomic E-state index is 12.7. The van der Waals surface area contributed by atoms with E-state index in [9.17, 15) is 15.0 Å². The van der Waals surface area contributed by atoms with E-state index in [1.165, 1.54) is 0 Å². The molecular formula is C17H30O3. The molecule has 2 N–H and O–H groups in total. The lowest BCUT2D eigenvalue weighted by Gasteiger charge is -2.34. The molecule has 0 spiro atoms. The average molecular weight is 282 g/mol. The highest BCUT2D eigenvalue weighted by Gasteiger charge is 2.34. The van der Waals surface area contributed by atoms with Crippen LogP contribution < -0.4 is 0 Å². The van der Waals surface area contributed by atoms with Crippen molar-refractivity contribution in [3.05, 3.63) is 0 Å². The Morgan fingerprint density at radius 2 is 1.05 bits per heavy atom. The molecule has 2 fully saturated rings. The number of rotatable bonds is 4. The molecule has 0 saturated heterocycles. The quantitative estimate of drug-likeness (QED) is 0.833. The second-order valence-electron chi connectivity index (χ2n) is 7.12. The largest absolute Gasteiger partial charge is 0.393 e. The standard InChI is InChI=1S/C17H30O3/c1-11(13-3-7-15(18)8-4-13)17(20)12(2)14-5-9-16(19)10-6-14/h11-16,18-19H,3-10H2,1-2H3. The first-order valence-corrected chi connectivity index (χ1v) is 8.39. The van der Waals surface area contributed by atoms with E-state index in [2.05, 4.69) is 13.8 Å². The zero-order valence-corrected chi connectivity index (χ0v) is 12.9. The van der Waals surface area contributed by atoms with E-state index in [1.54, 1.807) is 0 Å². The molecule has 0 aliphatic heterocycles. The van der Waals surface area contributed by atoms with E-state index in [0.717, 1.165) is 51.4 Å². The zero-order chi connectivity index (χ0) is 14.7. The van der Waals surface area contributed by atoms with Crippen LogP contribution in [-0.2, 0) is 4.79 Å². The summed E-state index contributed by atoms with van der Waals surface area (Å²) in [6, 6.07) is 0. The van der Waals surface area contributed by atoms with Gasteiger partial charge >= 0.3 is 0 Å². The first-order valence-electron chi connectivity index (χ1n) is 8.39. The first-order chi connectivity index (χ1) is 9.49. The van der Waals surface area contributed by atoms with Crippen molar-refractivity contribution in [2.24, 2.45) is 23.7 Å². The van der Waals surface area contributed by atoms with Crippen LogP contribution in [0.2, 0.25) is 0 Å². The Morgan fingerprint density at radius 1 is 0.750 bits per heavy atom. The van der Waals surface area contributed by atoms with Crippen molar-refractivity contribution in [2.75, 3.05) is 0 Å². The normalized spacial score (nSPS) is 38.2. The van der Waals surface area contributed by atoms with E-state index in [4.69, 9.17) is 0 Å². The van der Waals surface area contributed by atoms with Crippen LogP contribution in [-0.4, -0.2) is 28.2 Å². The van der Waals surface area contributed by atoms with Gasteiger partial charge in [-0.3, -0.25) is 4.79 Å². The van der Waals surface area contributed by atoms with Crippen LogP contribution >= 0.6 is 0 Å². The van der Waals surface area contributed by atoms with Crippen LogP contribution in [0, 0.1) is 23.7 Å². The number of aliphatic hydroxyl groups is 2. The third-order valence-corrected chi connectivity index (χ3v) is 5.79. The van der Waals surface area contributed by atoms with Gasteiger partial charge in [0, 0.05) is 11.8 Å². The molecule has 0 aromatic heterocycles. The molecule has 2 unspecified atom stereocenters. The molecule has 0 radical (unpaired) electrons. The van der Waals surface area contributed by atoms with Crippen LogP contribution in [0.5, 0.6) is 0 Å². The lowest BCUT2D eigenvalue weighted by molar-refractivity contribution is -0.130. The summed E-state index contributed by atoms with van der Waals surface area (Å²) in [5, 5.41) is 19.2. The molecule has 0 amide bonds. The van der Waals surface area contributed by atoms with E-state index >= 15 is 0 Å². The Labute approximate surface area is 122 Å². The maximum Gasteiger partial charge on any atom is 0.139 e. The van der Waals surface area contributed by atoms with Crippen molar-refractivity contribution in [3.63, 3.8) is 0 Å². The second-order valence-corrected chi connectivity index (χ2v) is 7.12. The van der Waals surface area contributed by atoms with Gasteiger partial charge in [-0.2, -0.15) is 0 Å². The van der Waals surface area contributed by atoms with Crippen molar-refractivity contribution in [3.8, 4) is 0 Å². The highest BCUT2D eigenvalue weighted by Crippen LogP contribution is 2.36. The van der Waals surface area contributed by atoms with Crippen molar-refractivity contribution in [1.82, 2.24) is 0 Å². The van der Waals surface area contributed by atoms with Crippen molar-refractivity contribution in [2.45, 2.75) is 77.4 Å². The smallest absolute Gasteiger partial charge is 0.139 e. The Kier molecular flexibility index (Phi) is 5.62. The lowest BCUT2D eigenvalue weighted by atomic mass is 9.71. The third kappa shape index (κ3) is 3.82. The van der Waals surface area contributed by atoms with Gasteiger partial charge in [0.05, 0.1) is 12.2 Å². The first kappa shape index (κ1) is 16.0. The molecule has 2 aliphatic carbocycles. The predicted octanol–water partition coefficient (Wildman–Crippen LogP) is 2.93. The zero-order valence-electron chi connectivity index (χ0n) is 12.9. The number of ketones is 1. The van der Waals surface area contributed by atoms with Crippen LogP contribution in [0.25, 0.3) is 0 Å². The number of carbonyl (C=O) groups is 1. The van der Waals surface area contributed by atoms with E-state index in [1.807, 2.05) is 0 Å². The van der Waals surface area contributed by atoms with Gasteiger partial charge in [0.15, 0.2) is 0 Å². The summed E-state index contributed by atoms with van der Waals surface area (Å²) < 4.78 is 0. The summed E-state index contributed by atoms with van der Waals surface area (Å²) >= 11 is 0. The molecule has 0 bridgehead atoms. The molecule has 0 aromatic carbocycles. The van der Waals surface area contributed by atoms with Gasteiger partial charge in [-0.1, -0.05) is 13.8 Å². The minimum atomic E-state index is -0.147. The maximum absolute atomic E-state index is 12.7. The number of hydrogen-bond acceptors (Lipinski definition) is 3. The molecular weight excluding hydrogens is 252 g/mol. The number of Topliss-reactive ketones (excluding diaryl/α,β-unsaturated/α-hetero) is 1. The second kappa shape index (κ2) is 7.04. The molecule has 2 saturated carbocycles. The summed E-state index contributed by atoms with van der Waals surface area (Å²) in [7, 11) is 0. The predicted molar refractivity (Wildman–Crippen MR) is 79.3 cm³/mol. The van der Waals surface area contributed by atoms with Gasteiger partial charge in [-0.25, -0.2) is 0 Å². The molecule has 2 aliphatic rings. The van der Waals surface area contributed by atoms with E-state index in [-0.39, 0.29) is 24.0 Å². The van der Waals surface area contributed by atoms with Gasteiger partial charge in [-0.15, -0.1) is 0 Å². The van der Waals surface area contributed by atoms with Crippen LogP contribution in [0.1, 0.15) is 65.2 Å². The molecule has 3 heteroatoms. The van der Waals surface area contributed by atoms with Crippen LogP contribution in [0.3, 0.4) is 0 Å². The summed E-state index contributed by atoms with van der Waals surface area (Å²) in [5.74, 6) is 1.59. The number of hydrogen-bond donors (Lipinski definition) is 2. The highest BCUT2D eigenvalue weighted by atomic mass is 16.3. The van der Waals surface area contributed by atoms with E-state index < -0.39 is 0 Å². The average Bonchev–Trinajstić information content (AvgIpc) is 2.46. The van der Waals surface area contributed by atoms with Gasteiger partial charge in [-0.05, 0) is 63.2 Å². The fourth-order valence-electron chi connectivity index (χ4n) is 4.08. The molecule has 0 aromatic rings. The lowest BCUT2D eigenvalue weighted by Crippen LogP contribution is -2.34. The summed E-state index contributed by atoms with van der Waals surface area (Å²) in [6.45, 7) is 4.16. The van der Waals surface area contributed by atoms with Crippen molar-refractivity contribution in [1.29, 1.82) is 0 Å². The Hall–Kier alpha value is -0.410. The minimum Gasteiger partial charge on any atom is -0.393 e. The number of carbonyl (C=O) groups excluding carboxylic acids is 1. The topological polar surface area (TPSA) is 57.5 Å². The van der Waals surface area contributed by atoms with Gasteiger partial charge in [0.25, 0.3) is 0 Å². The Balaban J connectivity index is 1.86. The Morgan fingerprint density at radius 3 is 1.35 bits per heavy atom. The fraction of sp³-hybridized carbons (Fsp3) is 0.941. The molecule has 20 heavy (non-hydrogen) atoms. The van der Waals surface area contributed by atoms with Gasteiger partial charge in [0.2, 0.25) is 0 Å². The van der Waals surface area contributed by atoms with Crippen molar-refractivity contribution >= 4 is 5.78 Å². The van der Waals surface area contributed by atoms with Crippen LogP contribution in [0.4, 0.5) is 0 Å². The van der Waals surface area contributed by atoms with Gasteiger partial charge in [0.1, 0.15) is 5.78 Å². The molecule has 2 rings (SSSR count). The third-order valence-electron chi connectivity index (χ3n) is 5.79. The van der Waals surface area contributed by atoms with Crippen molar-refractivity contribution < 1.29 is 15.0 Å². The Bertz CT molecular complexity index is 282. The monoisotopic (exact) mass is 282 g/mol. The molecule has 116 valence electrons. The summed E-state index contributed by atoms with van der Waals surface area (Å²) in [6.07, 6.45) is 7.08. The number of aliphatic hydroxyl groups excluding tert-OH is 2. The summed E-state index contributed by atoms with van der Waals surface area (Å²) in [5.41, 5.74) is 0. The van der Waals surface area contributed by atoms with Gasteiger partial charge < -0.3 is 10.2 Å². The SMILES string of the molecule is CC(C(=O)C(C)C1CCC(O)CC1)C1CCC(O)CC1. The molecule has 3 nitrogen and oxygen atoms in total. The fourth-order valence-corrected chi connectivity index (χ4v) is 4.08.